The summed E-state index contributed by atoms with van der Waals surface area (Å²) in [5, 5.41) is 4.41. The Morgan fingerprint density at radius 2 is 2.00 bits per heavy atom. The highest BCUT2D eigenvalue weighted by Crippen LogP contribution is 2.27. The molecule has 0 fully saturated rings. The Kier molecular flexibility index (Phi) is 2.82. The average Bonchev–Trinajstić information content (AvgIpc) is 2.28. The minimum atomic E-state index is 0.486. The molecule has 2 aromatic rings. The lowest BCUT2D eigenvalue weighted by atomic mass is 10.0. The van der Waals surface area contributed by atoms with Crippen LogP contribution >= 0.6 is 0 Å². The standard InChI is InChI=1S/C14H18N2/c1-9(2)12-8-11-7-5-6-10(3)13(11)16-14(12)15-4/h5-9H,1-4H3,(H,15,16). The van der Waals surface area contributed by atoms with Crippen molar-refractivity contribution in [3.63, 3.8) is 0 Å². The maximum absolute atomic E-state index is 4.70. The van der Waals surface area contributed by atoms with Crippen LogP contribution in [0.15, 0.2) is 24.3 Å². The molecule has 2 rings (SSSR count). The monoisotopic (exact) mass is 214 g/mol. The van der Waals surface area contributed by atoms with Crippen LogP contribution in [0.1, 0.15) is 30.9 Å². The van der Waals surface area contributed by atoms with Gasteiger partial charge in [0.05, 0.1) is 5.52 Å². The molecule has 0 aliphatic heterocycles. The Bertz CT molecular complexity index is 515. The third-order valence-electron chi connectivity index (χ3n) is 2.94. The molecule has 0 spiro atoms. The van der Waals surface area contributed by atoms with Gasteiger partial charge in [-0.15, -0.1) is 0 Å². The van der Waals surface area contributed by atoms with Crippen LogP contribution in [0.2, 0.25) is 0 Å². The van der Waals surface area contributed by atoms with Crippen LogP contribution in [0.5, 0.6) is 0 Å². The molecule has 0 bridgehead atoms. The van der Waals surface area contributed by atoms with E-state index in [-0.39, 0.29) is 0 Å². The van der Waals surface area contributed by atoms with Gasteiger partial charge in [0.1, 0.15) is 5.82 Å². The average molecular weight is 214 g/mol. The minimum absolute atomic E-state index is 0.486. The predicted molar refractivity (Wildman–Crippen MR) is 70.1 cm³/mol. The summed E-state index contributed by atoms with van der Waals surface area (Å²) in [6.45, 7) is 6.49. The first-order valence-corrected chi connectivity index (χ1v) is 5.71. The molecule has 0 unspecified atom stereocenters. The summed E-state index contributed by atoms with van der Waals surface area (Å²) in [7, 11) is 1.93. The second-order valence-electron chi connectivity index (χ2n) is 4.48. The molecule has 2 nitrogen and oxygen atoms in total. The van der Waals surface area contributed by atoms with E-state index in [1.807, 2.05) is 7.05 Å². The Balaban J connectivity index is 2.75. The fourth-order valence-corrected chi connectivity index (χ4v) is 2.00. The number of aromatic nitrogens is 1. The number of nitrogens with one attached hydrogen (secondary N) is 1. The first-order chi connectivity index (χ1) is 7.63. The zero-order chi connectivity index (χ0) is 11.7. The van der Waals surface area contributed by atoms with Crippen molar-refractivity contribution in [2.24, 2.45) is 0 Å². The predicted octanol–water partition coefficient (Wildman–Crippen LogP) is 3.71. The summed E-state index contributed by atoms with van der Waals surface area (Å²) in [6, 6.07) is 8.55. The smallest absolute Gasteiger partial charge is 0.129 e. The van der Waals surface area contributed by atoms with Gasteiger partial charge in [0.2, 0.25) is 0 Å². The molecular weight excluding hydrogens is 196 g/mol. The molecule has 0 atom stereocenters. The van der Waals surface area contributed by atoms with E-state index in [2.05, 4.69) is 50.4 Å². The van der Waals surface area contributed by atoms with Gasteiger partial charge in [0, 0.05) is 12.4 Å². The van der Waals surface area contributed by atoms with Crippen molar-refractivity contribution in [3.8, 4) is 0 Å². The molecule has 2 heteroatoms. The number of hydrogen-bond donors (Lipinski definition) is 1. The Labute approximate surface area is 96.7 Å². The van der Waals surface area contributed by atoms with Crippen molar-refractivity contribution in [2.45, 2.75) is 26.7 Å². The van der Waals surface area contributed by atoms with E-state index in [1.54, 1.807) is 0 Å². The molecule has 1 aromatic carbocycles. The fraction of sp³-hybridized carbons (Fsp3) is 0.357. The number of rotatable bonds is 2. The normalized spacial score (nSPS) is 11.1. The zero-order valence-corrected chi connectivity index (χ0v) is 10.3. The summed E-state index contributed by atoms with van der Waals surface area (Å²) in [5.41, 5.74) is 3.60. The van der Waals surface area contributed by atoms with Gasteiger partial charge >= 0.3 is 0 Å². The molecule has 0 aliphatic rings. The number of aryl methyl sites for hydroxylation is 1. The van der Waals surface area contributed by atoms with E-state index >= 15 is 0 Å². The van der Waals surface area contributed by atoms with Crippen molar-refractivity contribution in [2.75, 3.05) is 12.4 Å². The van der Waals surface area contributed by atoms with Crippen molar-refractivity contribution in [1.82, 2.24) is 4.98 Å². The van der Waals surface area contributed by atoms with Crippen LogP contribution in [0.25, 0.3) is 10.9 Å². The van der Waals surface area contributed by atoms with Crippen molar-refractivity contribution in [3.05, 3.63) is 35.4 Å². The number of pyridine rings is 1. The van der Waals surface area contributed by atoms with Crippen LogP contribution in [0, 0.1) is 6.92 Å². The van der Waals surface area contributed by atoms with E-state index in [0.717, 1.165) is 11.3 Å². The van der Waals surface area contributed by atoms with E-state index in [4.69, 9.17) is 4.98 Å². The van der Waals surface area contributed by atoms with Crippen molar-refractivity contribution >= 4 is 16.7 Å². The summed E-state index contributed by atoms with van der Waals surface area (Å²) in [6.07, 6.45) is 0. The number of nitrogens with zero attached hydrogens (tertiary/aromatic N) is 1. The van der Waals surface area contributed by atoms with E-state index in [9.17, 15) is 0 Å². The third-order valence-corrected chi connectivity index (χ3v) is 2.94. The van der Waals surface area contributed by atoms with Crippen LogP contribution < -0.4 is 5.32 Å². The summed E-state index contributed by atoms with van der Waals surface area (Å²) >= 11 is 0. The lowest BCUT2D eigenvalue weighted by molar-refractivity contribution is 0.864. The first kappa shape index (κ1) is 10.9. The van der Waals surface area contributed by atoms with Crippen molar-refractivity contribution in [1.29, 1.82) is 0 Å². The molecule has 0 aliphatic carbocycles. The number of anilines is 1. The number of hydrogen-bond acceptors (Lipinski definition) is 2. The molecule has 16 heavy (non-hydrogen) atoms. The Hall–Kier alpha value is -1.57. The van der Waals surface area contributed by atoms with Crippen molar-refractivity contribution < 1.29 is 0 Å². The topological polar surface area (TPSA) is 24.9 Å². The van der Waals surface area contributed by atoms with Crippen LogP contribution in [0.3, 0.4) is 0 Å². The van der Waals surface area contributed by atoms with Gasteiger partial charge in [-0.3, -0.25) is 0 Å². The van der Waals surface area contributed by atoms with E-state index in [1.165, 1.54) is 16.5 Å². The highest BCUT2D eigenvalue weighted by molar-refractivity contribution is 5.84. The SMILES string of the molecule is CNc1nc2c(C)cccc2cc1C(C)C. The number of para-hydroxylation sites is 1. The maximum Gasteiger partial charge on any atom is 0.129 e. The molecule has 1 heterocycles. The molecule has 0 saturated carbocycles. The minimum Gasteiger partial charge on any atom is -0.373 e. The second-order valence-corrected chi connectivity index (χ2v) is 4.48. The van der Waals surface area contributed by atoms with Gasteiger partial charge < -0.3 is 5.32 Å². The third kappa shape index (κ3) is 1.75. The summed E-state index contributed by atoms with van der Waals surface area (Å²) in [5.74, 6) is 1.48. The Morgan fingerprint density at radius 3 is 2.62 bits per heavy atom. The lowest BCUT2D eigenvalue weighted by Crippen LogP contribution is -2.01. The zero-order valence-electron chi connectivity index (χ0n) is 10.3. The molecule has 0 radical (unpaired) electrons. The second kappa shape index (κ2) is 4.12. The van der Waals surface area contributed by atoms with Crippen LogP contribution in [-0.4, -0.2) is 12.0 Å². The van der Waals surface area contributed by atoms with Gasteiger partial charge in [-0.1, -0.05) is 32.0 Å². The molecular formula is C14H18N2. The Morgan fingerprint density at radius 1 is 1.25 bits per heavy atom. The van der Waals surface area contributed by atoms with Gasteiger partial charge in [0.25, 0.3) is 0 Å². The molecule has 0 amide bonds. The quantitative estimate of drug-likeness (QED) is 0.824. The molecule has 84 valence electrons. The molecule has 0 saturated heterocycles. The maximum atomic E-state index is 4.70. The number of benzene rings is 1. The van der Waals surface area contributed by atoms with Gasteiger partial charge in [0.15, 0.2) is 0 Å². The van der Waals surface area contributed by atoms with Gasteiger partial charge in [-0.2, -0.15) is 0 Å². The fourth-order valence-electron chi connectivity index (χ4n) is 2.00. The van der Waals surface area contributed by atoms with Gasteiger partial charge in [-0.05, 0) is 30.0 Å². The lowest BCUT2D eigenvalue weighted by Gasteiger charge is -2.13. The van der Waals surface area contributed by atoms with Gasteiger partial charge in [-0.25, -0.2) is 4.98 Å². The van der Waals surface area contributed by atoms with E-state index < -0.39 is 0 Å². The highest BCUT2D eigenvalue weighted by atomic mass is 15.0. The van der Waals surface area contributed by atoms with Crippen LogP contribution in [-0.2, 0) is 0 Å². The van der Waals surface area contributed by atoms with Crippen LogP contribution in [0.4, 0.5) is 5.82 Å². The molecule has 1 N–H and O–H groups in total. The highest BCUT2D eigenvalue weighted by Gasteiger charge is 2.09. The molecule has 1 aromatic heterocycles. The van der Waals surface area contributed by atoms with E-state index in [0.29, 0.717) is 5.92 Å². The largest absolute Gasteiger partial charge is 0.373 e. The first-order valence-electron chi connectivity index (χ1n) is 5.71. The number of fused-ring (bicyclic) bond motifs is 1. The summed E-state index contributed by atoms with van der Waals surface area (Å²) in [4.78, 5) is 4.70. The summed E-state index contributed by atoms with van der Waals surface area (Å²) < 4.78 is 0.